The van der Waals surface area contributed by atoms with E-state index in [1.807, 2.05) is 36.4 Å². The fourth-order valence-corrected chi connectivity index (χ4v) is 5.97. The minimum atomic E-state index is -0.494. The average molecular weight is 488 g/mol. The van der Waals surface area contributed by atoms with Gasteiger partial charge in [-0.1, -0.05) is 62.0 Å². The smallest absolute Gasteiger partial charge is 0.257 e. The fourth-order valence-electron chi connectivity index (χ4n) is 5.03. The summed E-state index contributed by atoms with van der Waals surface area (Å²) < 4.78 is 5.44. The fraction of sp³-hybridized carbons (Fsp3) is 0.321. The van der Waals surface area contributed by atoms with Gasteiger partial charge in [-0.2, -0.15) is 0 Å². The Balaban J connectivity index is 1.60. The van der Waals surface area contributed by atoms with E-state index in [0.717, 1.165) is 11.3 Å². The molecule has 0 radical (unpaired) electrons. The Bertz CT molecular complexity index is 1410. The second kappa shape index (κ2) is 9.04. The number of fused-ring (bicyclic) bond motifs is 1. The molecule has 1 aliphatic heterocycles. The summed E-state index contributed by atoms with van der Waals surface area (Å²) >= 11 is 1.50. The molecule has 0 bridgehead atoms. The largest absolute Gasteiger partial charge is 0.497 e. The number of ether oxygens (including phenoxy) is 1. The number of nitrogens with one attached hydrogen (secondary N) is 2. The van der Waals surface area contributed by atoms with E-state index in [1.54, 1.807) is 7.11 Å². The topological polar surface area (TPSA) is 84.1 Å². The van der Waals surface area contributed by atoms with Gasteiger partial charge in [0, 0.05) is 29.4 Å². The molecule has 180 valence electrons. The molecular weight excluding hydrogens is 458 g/mol. The zero-order valence-corrected chi connectivity index (χ0v) is 21.2. The number of benzene rings is 2. The van der Waals surface area contributed by atoms with E-state index in [4.69, 9.17) is 9.72 Å². The van der Waals surface area contributed by atoms with Crippen LogP contribution in [-0.2, 0) is 10.5 Å². The molecule has 0 spiro atoms. The number of hydrogen-bond acceptors (Lipinski definition) is 6. The predicted octanol–water partition coefficient (Wildman–Crippen LogP) is 5.58. The maximum absolute atomic E-state index is 13.5. The Hall–Kier alpha value is -3.32. The summed E-state index contributed by atoms with van der Waals surface area (Å²) in [5, 5.41) is 3.94. The third-order valence-electron chi connectivity index (χ3n) is 6.75. The lowest BCUT2D eigenvalue weighted by molar-refractivity contribution is -0.118. The van der Waals surface area contributed by atoms with Gasteiger partial charge < -0.3 is 15.0 Å². The van der Waals surface area contributed by atoms with Crippen molar-refractivity contribution in [1.82, 2.24) is 9.97 Å². The highest BCUT2D eigenvalue weighted by Gasteiger charge is 2.42. The predicted molar refractivity (Wildman–Crippen MR) is 139 cm³/mol. The van der Waals surface area contributed by atoms with Crippen LogP contribution < -0.4 is 15.6 Å². The lowest BCUT2D eigenvalue weighted by Crippen LogP contribution is -2.37. The standard InChI is InChI=1S/C28H29N3O3S/c1-16-8-5-6-9-18(16)15-35-27-30-25-24(26(33)31-27)22(17-10-7-11-19(12-17)34-4)23-20(29-25)13-28(2,3)14-21(23)32/h5-12,22H,13-15H2,1-4H3,(H2,29,30,31,33). The number of hydrogen-bond donors (Lipinski definition) is 2. The van der Waals surface area contributed by atoms with Crippen LogP contribution in [0, 0.1) is 12.3 Å². The first-order valence-electron chi connectivity index (χ1n) is 11.7. The van der Waals surface area contributed by atoms with Gasteiger partial charge in [-0.25, -0.2) is 4.98 Å². The monoisotopic (exact) mass is 487 g/mol. The Labute approximate surface area is 209 Å². The Morgan fingerprint density at radius 3 is 2.69 bits per heavy atom. The first-order valence-corrected chi connectivity index (χ1v) is 12.7. The second-order valence-corrected chi connectivity index (χ2v) is 11.0. The Morgan fingerprint density at radius 2 is 1.91 bits per heavy atom. The van der Waals surface area contributed by atoms with Crippen LogP contribution in [0.2, 0.25) is 0 Å². The highest BCUT2D eigenvalue weighted by atomic mass is 32.2. The molecule has 0 fully saturated rings. The molecule has 2 aromatic carbocycles. The van der Waals surface area contributed by atoms with Gasteiger partial charge in [0.05, 0.1) is 12.7 Å². The number of anilines is 1. The van der Waals surface area contributed by atoms with Crippen molar-refractivity contribution in [3.63, 3.8) is 0 Å². The van der Waals surface area contributed by atoms with Crippen LogP contribution in [0.3, 0.4) is 0 Å². The number of thioether (sulfide) groups is 1. The third kappa shape index (κ3) is 4.52. The number of nitrogens with zero attached hydrogens (tertiary/aromatic N) is 1. The molecule has 0 saturated carbocycles. The van der Waals surface area contributed by atoms with E-state index < -0.39 is 5.92 Å². The number of aromatic amines is 1. The molecule has 2 N–H and O–H groups in total. The number of aromatic nitrogens is 2. The number of ketones is 1. The Kier molecular flexibility index (Phi) is 6.05. The molecule has 3 aromatic rings. The van der Waals surface area contributed by atoms with Gasteiger partial charge in [-0.15, -0.1) is 0 Å². The van der Waals surface area contributed by atoms with Crippen molar-refractivity contribution in [2.45, 2.75) is 50.4 Å². The van der Waals surface area contributed by atoms with Crippen LogP contribution in [0.15, 0.2) is 69.8 Å². The first-order chi connectivity index (χ1) is 16.8. The zero-order valence-electron chi connectivity index (χ0n) is 20.4. The lowest BCUT2D eigenvalue weighted by atomic mass is 9.69. The van der Waals surface area contributed by atoms with Gasteiger partial charge in [-0.3, -0.25) is 9.59 Å². The third-order valence-corrected chi connectivity index (χ3v) is 7.68. The van der Waals surface area contributed by atoms with Gasteiger partial charge in [0.1, 0.15) is 11.6 Å². The molecule has 1 atom stereocenters. The highest BCUT2D eigenvalue weighted by molar-refractivity contribution is 7.98. The minimum absolute atomic E-state index is 0.0691. The SMILES string of the molecule is COc1cccc(C2C3=C(CC(C)(C)CC3=O)Nc3nc(SCc4ccccc4C)[nH]c(=O)c32)c1. The van der Waals surface area contributed by atoms with Crippen molar-refractivity contribution in [3.05, 3.63) is 92.4 Å². The van der Waals surface area contributed by atoms with Gasteiger partial charge in [0.15, 0.2) is 10.9 Å². The van der Waals surface area contributed by atoms with E-state index in [9.17, 15) is 9.59 Å². The number of carbonyl (C=O) groups is 1. The molecule has 0 amide bonds. The molecule has 6 nitrogen and oxygen atoms in total. The molecule has 1 unspecified atom stereocenters. The van der Waals surface area contributed by atoms with Crippen molar-refractivity contribution in [2.24, 2.45) is 5.41 Å². The minimum Gasteiger partial charge on any atom is -0.497 e. The quantitative estimate of drug-likeness (QED) is 0.361. The number of allylic oxidation sites excluding steroid dienone is 2. The number of aryl methyl sites for hydroxylation is 1. The van der Waals surface area contributed by atoms with E-state index >= 15 is 0 Å². The summed E-state index contributed by atoms with van der Waals surface area (Å²) in [6.07, 6.45) is 1.16. The van der Waals surface area contributed by atoms with E-state index in [2.05, 4.69) is 43.2 Å². The van der Waals surface area contributed by atoms with Crippen LogP contribution in [0.25, 0.3) is 0 Å². The van der Waals surface area contributed by atoms with Crippen molar-refractivity contribution in [1.29, 1.82) is 0 Å². The number of Topliss-reactive ketones (excluding diaryl/α,β-unsaturated/α-hetero) is 1. The average Bonchev–Trinajstić information content (AvgIpc) is 2.81. The second-order valence-electron chi connectivity index (χ2n) is 10.0. The highest BCUT2D eigenvalue weighted by Crippen LogP contribution is 2.48. The van der Waals surface area contributed by atoms with Crippen molar-refractivity contribution in [2.75, 3.05) is 12.4 Å². The molecule has 7 heteroatoms. The summed E-state index contributed by atoms with van der Waals surface area (Å²) in [6, 6.07) is 15.8. The molecule has 0 saturated heterocycles. The zero-order chi connectivity index (χ0) is 24.7. The molecule has 1 aromatic heterocycles. The van der Waals surface area contributed by atoms with Gasteiger partial charge in [-0.05, 0) is 47.6 Å². The van der Waals surface area contributed by atoms with Crippen LogP contribution in [0.1, 0.15) is 54.9 Å². The lowest BCUT2D eigenvalue weighted by Gasteiger charge is -2.38. The Morgan fingerprint density at radius 1 is 1.11 bits per heavy atom. The number of methoxy groups -OCH3 is 1. The number of rotatable bonds is 5. The number of H-pyrrole nitrogens is 1. The summed E-state index contributed by atoms with van der Waals surface area (Å²) in [6.45, 7) is 6.28. The maximum Gasteiger partial charge on any atom is 0.257 e. The molecule has 1 aliphatic carbocycles. The van der Waals surface area contributed by atoms with Crippen LogP contribution in [0.5, 0.6) is 5.75 Å². The van der Waals surface area contributed by atoms with Crippen LogP contribution in [-0.4, -0.2) is 22.9 Å². The van der Waals surface area contributed by atoms with E-state index in [-0.39, 0.29) is 16.8 Å². The summed E-state index contributed by atoms with van der Waals surface area (Å²) in [5.74, 6) is 1.49. The molecule has 2 heterocycles. The van der Waals surface area contributed by atoms with E-state index in [1.165, 1.54) is 22.9 Å². The molecule has 2 aliphatic rings. The first kappa shape index (κ1) is 23.4. The van der Waals surface area contributed by atoms with E-state index in [0.29, 0.717) is 46.5 Å². The maximum atomic E-state index is 13.5. The summed E-state index contributed by atoms with van der Waals surface area (Å²) in [5.41, 5.74) is 4.86. The summed E-state index contributed by atoms with van der Waals surface area (Å²) in [4.78, 5) is 34.7. The molecular formula is C28H29N3O3S. The molecule has 5 rings (SSSR count). The van der Waals surface area contributed by atoms with Crippen LogP contribution >= 0.6 is 11.8 Å². The number of carbonyl (C=O) groups excluding carboxylic acids is 1. The van der Waals surface area contributed by atoms with Gasteiger partial charge in [0.25, 0.3) is 5.56 Å². The van der Waals surface area contributed by atoms with Gasteiger partial charge in [0.2, 0.25) is 0 Å². The molecule has 35 heavy (non-hydrogen) atoms. The van der Waals surface area contributed by atoms with Crippen molar-refractivity contribution in [3.8, 4) is 5.75 Å². The van der Waals surface area contributed by atoms with Crippen molar-refractivity contribution < 1.29 is 9.53 Å². The van der Waals surface area contributed by atoms with Crippen molar-refractivity contribution >= 4 is 23.4 Å². The summed E-state index contributed by atoms with van der Waals surface area (Å²) in [7, 11) is 1.61. The normalized spacial score (nSPS) is 18.5. The van der Waals surface area contributed by atoms with Gasteiger partial charge >= 0.3 is 0 Å². The van der Waals surface area contributed by atoms with Crippen LogP contribution in [0.4, 0.5) is 5.82 Å².